The van der Waals surface area contributed by atoms with Crippen molar-refractivity contribution in [3.05, 3.63) is 71.1 Å². The predicted octanol–water partition coefficient (Wildman–Crippen LogP) is 4.54. The number of anilines is 1. The van der Waals surface area contributed by atoms with Gasteiger partial charge in [0.05, 0.1) is 18.4 Å². The number of Topliss-reactive ketones (excluding diaryl/α,β-unsaturated/α-hetero) is 1. The zero-order valence-corrected chi connectivity index (χ0v) is 17.1. The normalized spacial score (nSPS) is 18.2. The molecule has 1 N–H and O–H groups in total. The first kappa shape index (κ1) is 19.9. The van der Waals surface area contributed by atoms with Gasteiger partial charge in [0.2, 0.25) is 0 Å². The molecule has 4 rings (SSSR count). The number of ketones is 1. The van der Waals surface area contributed by atoms with Gasteiger partial charge in [0, 0.05) is 17.1 Å². The van der Waals surface area contributed by atoms with Crippen LogP contribution in [0.25, 0.3) is 5.76 Å². The third-order valence-electron chi connectivity index (χ3n) is 4.76. The molecule has 1 saturated heterocycles. The number of unbranched alkanes of at least 4 members (excludes halogenated alkanes) is 1. The van der Waals surface area contributed by atoms with Gasteiger partial charge in [-0.2, -0.15) is 0 Å². The van der Waals surface area contributed by atoms with E-state index in [1.165, 1.54) is 22.5 Å². The van der Waals surface area contributed by atoms with Crippen LogP contribution in [0.3, 0.4) is 0 Å². The SMILES string of the molecule is CCCCOc1cccc(C(O)=C2C(=O)C(=O)N(c3nccs3)C2c2ccco2)c1. The minimum Gasteiger partial charge on any atom is -0.507 e. The fourth-order valence-electron chi connectivity index (χ4n) is 3.30. The molecule has 1 fully saturated rings. The summed E-state index contributed by atoms with van der Waals surface area (Å²) in [7, 11) is 0. The average molecular weight is 424 g/mol. The van der Waals surface area contributed by atoms with Crippen LogP contribution < -0.4 is 9.64 Å². The van der Waals surface area contributed by atoms with Crippen molar-refractivity contribution in [1.29, 1.82) is 0 Å². The quantitative estimate of drug-likeness (QED) is 0.259. The van der Waals surface area contributed by atoms with Crippen LogP contribution >= 0.6 is 11.3 Å². The third-order valence-corrected chi connectivity index (χ3v) is 5.53. The number of aliphatic hydroxyl groups excluding tert-OH is 1. The Labute approximate surface area is 177 Å². The van der Waals surface area contributed by atoms with Crippen molar-refractivity contribution in [2.24, 2.45) is 0 Å². The average Bonchev–Trinajstić information content (AvgIpc) is 3.50. The Morgan fingerprint density at radius 2 is 2.17 bits per heavy atom. The van der Waals surface area contributed by atoms with Crippen molar-refractivity contribution in [2.75, 3.05) is 11.5 Å². The number of nitrogens with zero attached hydrogens (tertiary/aromatic N) is 2. The summed E-state index contributed by atoms with van der Waals surface area (Å²) in [6.07, 6.45) is 4.92. The fraction of sp³-hybridized carbons (Fsp3) is 0.227. The monoisotopic (exact) mass is 424 g/mol. The highest BCUT2D eigenvalue weighted by molar-refractivity contribution is 7.14. The molecule has 1 aliphatic rings. The first-order valence-electron chi connectivity index (χ1n) is 9.59. The van der Waals surface area contributed by atoms with Gasteiger partial charge in [0.25, 0.3) is 5.78 Å². The highest BCUT2D eigenvalue weighted by Gasteiger charge is 2.49. The number of benzene rings is 1. The van der Waals surface area contributed by atoms with Crippen LogP contribution in [0.2, 0.25) is 0 Å². The zero-order valence-electron chi connectivity index (χ0n) is 16.3. The van der Waals surface area contributed by atoms with Gasteiger partial charge < -0.3 is 14.3 Å². The second-order valence-electron chi connectivity index (χ2n) is 6.73. The summed E-state index contributed by atoms with van der Waals surface area (Å²) in [5.74, 6) is -0.892. The molecule has 7 nitrogen and oxygen atoms in total. The molecule has 1 atom stereocenters. The van der Waals surface area contributed by atoms with Gasteiger partial charge in [-0.15, -0.1) is 11.3 Å². The minimum absolute atomic E-state index is 0.0455. The van der Waals surface area contributed by atoms with Crippen LogP contribution in [0.4, 0.5) is 5.13 Å². The Balaban J connectivity index is 1.79. The van der Waals surface area contributed by atoms with E-state index in [2.05, 4.69) is 11.9 Å². The maximum atomic E-state index is 12.9. The van der Waals surface area contributed by atoms with Crippen molar-refractivity contribution in [2.45, 2.75) is 25.8 Å². The van der Waals surface area contributed by atoms with Crippen LogP contribution in [0, 0.1) is 0 Å². The van der Waals surface area contributed by atoms with E-state index in [0.29, 0.717) is 28.8 Å². The third kappa shape index (κ3) is 3.61. The summed E-state index contributed by atoms with van der Waals surface area (Å²) >= 11 is 1.23. The number of rotatable bonds is 7. The summed E-state index contributed by atoms with van der Waals surface area (Å²) in [4.78, 5) is 31.2. The molecule has 8 heteroatoms. The summed E-state index contributed by atoms with van der Waals surface area (Å²) in [6.45, 7) is 2.63. The molecule has 3 aromatic rings. The molecule has 1 aliphatic heterocycles. The van der Waals surface area contributed by atoms with Crippen LogP contribution in [0.5, 0.6) is 5.75 Å². The summed E-state index contributed by atoms with van der Waals surface area (Å²) in [5.41, 5.74) is 0.341. The number of aromatic nitrogens is 1. The summed E-state index contributed by atoms with van der Waals surface area (Å²) in [6, 6.07) is 9.25. The Morgan fingerprint density at radius 1 is 1.30 bits per heavy atom. The highest BCUT2D eigenvalue weighted by atomic mass is 32.1. The van der Waals surface area contributed by atoms with Gasteiger partial charge in [0.1, 0.15) is 23.3 Å². The molecule has 0 radical (unpaired) electrons. The molecule has 1 aromatic carbocycles. The second kappa shape index (κ2) is 8.54. The van der Waals surface area contributed by atoms with E-state index in [4.69, 9.17) is 9.15 Å². The molecule has 1 unspecified atom stereocenters. The molecule has 0 spiro atoms. The molecule has 154 valence electrons. The van der Waals surface area contributed by atoms with Crippen LogP contribution in [0.1, 0.15) is 37.1 Å². The largest absolute Gasteiger partial charge is 0.507 e. The van der Waals surface area contributed by atoms with Gasteiger partial charge in [-0.1, -0.05) is 25.5 Å². The molecular weight excluding hydrogens is 404 g/mol. The number of carbonyl (C=O) groups is 2. The highest BCUT2D eigenvalue weighted by Crippen LogP contribution is 2.42. The number of furan rings is 1. The zero-order chi connectivity index (χ0) is 21.1. The van der Waals surface area contributed by atoms with E-state index in [9.17, 15) is 14.7 Å². The second-order valence-corrected chi connectivity index (χ2v) is 7.60. The molecule has 30 heavy (non-hydrogen) atoms. The van der Waals surface area contributed by atoms with E-state index in [-0.39, 0.29) is 11.3 Å². The van der Waals surface area contributed by atoms with E-state index < -0.39 is 17.7 Å². The Kier molecular flexibility index (Phi) is 5.67. The predicted molar refractivity (Wildman–Crippen MR) is 112 cm³/mol. The van der Waals surface area contributed by atoms with Crippen LogP contribution in [0.15, 0.2) is 64.2 Å². The topological polar surface area (TPSA) is 92.9 Å². The number of ether oxygens (including phenoxy) is 1. The number of thiazole rings is 1. The van der Waals surface area contributed by atoms with Crippen molar-refractivity contribution in [3.8, 4) is 5.75 Å². The first-order chi connectivity index (χ1) is 14.6. The smallest absolute Gasteiger partial charge is 0.302 e. The van der Waals surface area contributed by atoms with Crippen LogP contribution in [-0.2, 0) is 9.59 Å². The number of carbonyl (C=O) groups excluding carboxylic acids is 2. The molecule has 2 aromatic heterocycles. The standard InChI is InChI=1S/C22H20N2O5S/c1-2-3-10-28-15-7-4-6-14(13-15)19(25)17-18(16-8-5-11-29-16)24(21(27)20(17)26)22-23-9-12-30-22/h4-9,11-13,18,25H,2-3,10H2,1H3. The maximum Gasteiger partial charge on any atom is 0.302 e. The fourth-order valence-corrected chi connectivity index (χ4v) is 3.97. The lowest BCUT2D eigenvalue weighted by Crippen LogP contribution is -2.29. The number of hydrogen-bond donors (Lipinski definition) is 1. The Hall–Kier alpha value is -3.39. The number of hydrogen-bond acceptors (Lipinski definition) is 7. The lowest BCUT2D eigenvalue weighted by Gasteiger charge is -2.20. The lowest BCUT2D eigenvalue weighted by atomic mass is 9.99. The molecule has 1 amide bonds. The molecular formula is C22H20N2O5S. The van der Waals surface area contributed by atoms with E-state index >= 15 is 0 Å². The molecule has 0 aliphatic carbocycles. The van der Waals surface area contributed by atoms with Gasteiger partial charge in [-0.3, -0.25) is 14.5 Å². The van der Waals surface area contributed by atoms with Crippen molar-refractivity contribution >= 4 is 33.9 Å². The van der Waals surface area contributed by atoms with Gasteiger partial charge in [-0.05, 0) is 30.7 Å². The van der Waals surface area contributed by atoms with Crippen molar-refractivity contribution < 1.29 is 23.8 Å². The molecule has 0 bridgehead atoms. The molecule has 0 saturated carbocycles. The van der Waals surface area contributed by atoms with Gasteiger partial charge >= 0.3 is 5.91 Å². The van der Waals surface area contributed by atoms with Crippen molar-refractivity contribution in [3.63, 3.8) is 0 Å². The van der Waals surface area contributed by atoms with Crippen molar-refractivity contribution in [1.82, 2.24) is 4.98 Å². The first-order valence-corrected chi connectivity index (χ1v) is 10.5. The minimum atomic E-state index is -0.907. The van der Waals surface area contributed by atoms with Gasteiger partial charge in [-0.25, -0.2) is 4.98 Å². The van der Waals surface area contributed by atoms with Crippen LogP contribution in [-0.4, -0.2) is 28.4 Å². The summed E-state index contributed by atoms with van der Waals surface area (Å²) in [5, 5.41) is 13.1. The van der Waals surface area contributed by atoms with Gasteiger partial charge in [0.15, 0.2) is 5.13 Å². The maximum absolute atomic E-state index is 12.9. The Bertz CT molecular complexity index is 1070. The summed E-state index contributed by atoms with van der Waals surface area (Å²) < 4.78 is 11.2. The van der Waals surface area contributed by atoms with E-state index in [1.54, 1.807) is 48.0 Å². The molecule has 3 heterocycles. The number of aliphatic hydroxyl groups is 1. The van der Waals surface area contributed by atoms with E-state index in [0.717, 1.165) is 12.8 Å². The van der Waals surface area contributed by atoms with E-state index in [1.807, 2.05) is 0 Å². The Morgan fingerprint density at radius 3 is 2.87 bits per heavy atom. The lowest BCUT2D eigenvalue weighted by molar-refractivity contribution is -0.132. The number of amides is 1.